The van der Waals surface area contributed by atoms with Crippen LogP contribution in [0.2, 0.25) is 0 Å². The first-order valence-electron chi connectivity index (χ1n) is 10.4. The summed E-state index contributed by atoms with van der Waals surface area (Å²) in [5.74, 6) is 0.622. The molecule has 31 heavy (non-hydrogen) atoms. The number of para-hydroxylation sites is 2. The fourth-order valence-electron chi connectivity index (χ4n) is 3.53. The molecule has 0 radical (unpaired) electrons. The molecule has 1 aliphatic rings. The Morgan fingerprint density at radius 3 is 2.68 bits per heavy atom. The van der Waals surface area contributed by atoms with Gasteiger partial charge in [0.25, 0.3) is 5.91 Å². The van der Waals surface area contributed by atoms with Crippen LogP contribution in [0.1, 0.15) is 12.0 Å². The molecule has 166 valence electrons. The Bertz CT molecular complexity index is 977. The molecule has 3 aromatic rings. The molecule has 6 nitrogen and oxygen atoms in total. The molecule has 1 aliphatic heterocycles. The molecule has 0 atom stereocenters. The highest BCUT2D eigenvalue weighted by atomic mass is 35.5. The second-order valence-electron chi connectivity index (χ2n) is 7.37. The van der Waals surface area contributed by atoms with Gasteiger partial charge in [-0.05, 0) is 37.1 Å². The second kappa shape index (κ2) is 11.4. The molecule has 1 amide bonds. The zero-order valence-electron chi connectivity index (χ0n) is 17.7. The predicted molar refractivity (Wildman–Crippen MR) is 128 cm³/mol. The number of anilines is 1. The van der Waals surface area contributed by atoms with Crippen molar-refractivity contribution in [2.75, 3.05) is 50.9 Å². The van der Waals surface area contributed by atoms with Gasteiger partial charge in [-0.1, -0.05) is 41.7 Å². The van der Waals surface area contributed by atoms with Gasteiger partial charge >= 0.3 is 0 Å². The van der Waals surface area contributed by atoms with E-state index in [4.69, 9.17) is 14.5 Å². The maximum absolute atomic E-state index is 13.1. The minimum Gasteiger partial charge on any atom is -0.484 e. The molecule has 0 spiro atoms. The lowest BCUT2D eigenvalue weighted by Crippen LogP contribution is -2.40. The summed E-state index contributed by atoms with van der Waals surface area (Å²) in [5.41, 5.74) is 2.09. The standard InChI is InChI=1S/C23H27N3O3S.ClH/c1-18-7-5-10-20-22(18)24-23(30-20)26(12-6-11-25-13-15-28-16-14-25)21(27)17-29-19-8-3-2-4-9-19;/h2-5,7-10H,6,11-17H2,1H3;1H. The van der Waals surface area contributed by atoms with E-state index < -0.39 is 0 Å². The summed E-state index contributed by atoms with van der Waals surface area (Å²) < 4.78 is 12.2. The summed E-state index contributed by atoms with van der Waals surface area (Å²) in [6.07, 6.45) is 0.881. The lowest BCUT2D eigenvalue weighted by Gasteiger charge is -2.27. The molecule has 1 saturated heterocycles. The van der Waals surface area contributed by atoms with E-state index in [2.05, 4.69) is 24.0 Å². The van der Waals surface area contributed by atoms with Crippen LogP contribution in [0.4, 0.5) is 5.13 Å². The van der Waals surface area contributed by atoms with Gasteiger partial charge in [0.2, 0.25) is 0 Å². The number of aromatic nitrogens is 1. The summed E-state index contributed by atoms with van der Waals surface area (Å²) in [7, 11) is 0. The largest absolute Gasteiger partial charge is 0.484 e. The van der Waals surface area contributed by atoms with Crippen LogP contribution in [0.3, 0.4) is 0 Å². The first-order chi connectivity index (χ1) is 14.7. The van der Waals surface area contributed by atoms with Crippen LogP contribution in [-0.2, 0) is 9.53 Å². The van der Waals surface area contributed by atoms with E-state index >= 15 is 0 Å². The van der Waals surface area contributed by atoms with Gasteiger partial charge in [0.15, 0.2) is 11.7 Å². The number of rotatable bonds is 8. The first-order valence-corrected chi connectivity index (χ1v) is 11.2. The third-order valence-electron chi connectivity index (χ3n) is 5.21. The van der Waals surface area contributed by atoms with E-state index in [9.17, 15) is 4.79 Å². The lowest BCUT2D eigenvalue weighted by molar-refractivity contribution is -0.120. The summed E-state index contributed by atoms with van der Waals surface area (Å²) in [4.78, 5) is 22.1. The molecule has 4 rings (SSSR count). The van der Waals surface area contributed by atoms with Gasteiger partial charge in [0.05, 0.1) is 23.4 Å². The van der Waals surface area contributed by atoms with Crippen LogP contribution in [0, 0.1) is 6.92 Å². The Balaban J connectivity index is 0.00000272. The lowest BCUT2D eigenvalue weighted by atomic mass is 10.2. The number of amides is 1. The van der Waals surface area contributed by atoms with Crippen molar-refractivity contribution in [1.82, 2.24) is 9.88 Å². The van der Waals surface area contributed by atoms with Crippen molar-refractivity contribution in [1.29, 1.82) is 0 Å². The number of thiazole rings is 1. The topological polar surface area (TPSA) is 54.9 Å². The third-order valence-corrected chi connectivity index (χ3v) is 6.25. The molecule has 8 heteroatoms. The summed E-state index contributed by atoms with van der Waals surface area (Å²) in [6.45, 7) is 7.07. The molecular formula is C23H28ClN3O3S. The van der Waals surface area contributed by atoms with Crippen LogP contribution in [0.5, 0.6) is 5.75 Å². The molecule has 0 bridgehead atoms. The van der Waals surface area contributed by atoms with E-state index in [-0.39, 0.29) is 24.9 Å². The van der Waals surface area contributed by atoms with Crippen molar-refractivity contribution in [2.24, 2.45) is 0 Å². The summed E-state index contributed by atoms with van der Waals surface area (Å²) >= 11 is 1.56. The average molecular weight is 462 g/mol. The Hall–Kier alpha value is -2.19. The van der Waals surface area contributed by atoms with E-state index in [1.54, 1.807) is 16.2 Å². The van der Waals surface area contributed by atoms with Crippen LogP contribution in [-0.4, -0.2) is 61.8 Å². The highest BCUT2D eigenvalue weighted by Gasteiger charge is 2.21. The Morgan fingerprint density at radius 2 is 1.94 bits per heavy atom. The number of nitrogens with zero attached hydrogens (tertiary/aromatic N) is 3. The Labute approximate surface area is 193 Å². The third kappa shape index (κ3) is 6.17. The van der Waals surface area contributed by atoms with Crippen molar-refractivity contribution >= 4 is 45.0 Å². The number of hydrogen-bond donors (Lipinski definition) is 0. The first kappa shape index (κ1) is 23.5. The van der Waals surface area contributed by atoms with Gasteiger partial charge in [-0.25, -0.2) is 4.98 Å². The summed E-state index contributed by atoms with van der Waals surface area (Å²) in [6, 6.07) is 15.6. The number of hydrogen-bond acceptors (Lipinski definition) is 6. The fourth-order valence-corrected chi connectivity index (χ4v) is 4.62. The number of ether oxygens (including phenoxy) is 2. The molecule has 1 fully saturated rings. The number of halogens is 1. The minimum atomic E-state index is -0.0717. The maximum Gasteiger partial charge on any atom is 0.266 e. The molecule has 2 heterocycles. The van der Waals surface area contributed by atoms with Gasteiger partial charge in [0.1, 0.15) is 5.75 Å². The molecule has 0 N–H and O–H groups in total. The number of benzene rings is 2. The monoisotopic (exact) mass is 461 g/mol. The van der Waals surface area contributed by atoms with Crippen molar-refractivity contribution in [3.63, 3.8) is 0 Å². The van der Waals surface area contributed by atoms with E-state index in [0.29, 0.717) is 12.3 Å². The zero-order chi connectivity index (χ0) is 20.8. The average Bonchev–Trinajstić information content (AvgIpc) is 3.22. The highest BCUT2D eigenvalue weighted by Crippen LogP contribution is 2.31. The van der Waals surface area contributed by atoms with Gasteiger partial charge in [-0.3, -0.25) is 14.6 Å². The summed E-state index contributed by atoms with van der Waals surface area (Å²) in [5, 5.41) is 0.739. The van der Waals surface area contributed by atoms with Crippen molar-refractivity contribution in [2.45, 2.75) is 13.3 Å². The van der Waals surface area contributed by atoms with Crippen LogP contribution in [0.25, 0.3) is 10.2 Å². The van der Waals surface area contributed by atoms with Gasteiger partial charge in [0, 0.05) is 26.2 Å². The van der Waals surface area contributed by atoms with Gasteiger partial charge in [-0.15, -0.1) is 12.4 Å². The van der Waals surface area contributed by atoms with Crippen LogP contribution < -0.4 is 9.64 Å². The smallest absolute Gasteiger partial charge is 0.266 e. The number of carbonyl (C=O) groups is 1. The van der Waals surface area contributed by atoms with Gasteiger partial charge in [-0.2, -0.15) is 0 Å². The number of morpholine rings is 1. The van der Waals surface area contributed by atoms with Gasteiger partial charge < -0.3 is 9.47 Å². The Morgan fingerprint density at radius 1 is 1.16 bits per heavy atom. The molecule has 1 aromatic heterocycles. The highest BCUT2D eigenvalue weighted by molar-refractivity contribution is 7.22. The molecule has 0 unspecified atom stereocenters. The molecule has 0 aliphatic carbocycles. The fraction of sp³-hybridized carbons (Fsp3) is 0.391. The SMILES string of the molecule is Cc1cccc2sc(N(CCCN3CCOCC3)C(=O)COc3ccccc3)nc12.Cl. The predicted octanol–water partition coefficient (Wildman–Crippen LogP) is 4.16. The van der Waals surface area contributed by atoms with Crippen molar-refractivity contribution in [3.8, 4) is 5.75 Å². The second-order valence-corrected chi connectivity index (χ2v) is 8.38. The number of carbonyl (C=O) groups excluding carboxylic acids is 1. The molecular weight excluding hydrogens is 434 g/mol. The molecule has 0 saturated carbocycles. The zero-order valence-corrected chi connectivity index (χ0v) is 19.3. The van der Waals surface area contributed by atoms with E-state index in [0.717, 1.165) is 60.2 Å². The normalized spacial score (nSPS) is 14.2. The number of fused-ring (bicyclic) bond motifs is 1. The van der Waals surface area contributed by atoms with Crippen LogP contribution >= 0.6 is 23.7 Å². The van der Waals surface area contributed by atoms with E-state index in [1.165, 1.54) is 0 Å². The van der Waals surface area contributed by atoms with Crippen molar-refractivity contribution in [3.05, 3.63) is 54.1 Å². The van der Waals surface area contributed by atoms with E-state index in [1.807, 2.05) is 36.4 Å². The molecule has 2 aromatic carbocycles. The quantitative estimate of drug-likeness (QED) is 0.504. The minimum absolute atomic E-state index is 0. The Kier molecular flexibility index (Phi) is 8.66. The van der Waals surface area contributed by atoms with Crippen molar-refractivity contribution < 1.29 is 14.3 Å². The number of aryl methyl sites for hydroxylation is 1. The van der Waals surface area contributed by atoms with Crippen LogP contribution in [0.15, 0.2) is 48.5 Å². The maximum atomic E-state index is 13.1.